The van der Waals surface area contributed by atoms with Gasteiger partial charge < -0.3 is 19.4 Å². The average Bonchev–Trinajstić information content (AvgIpc) is 3.59. The fourth-order valence-corrected chi connectivity index (χ4v) is 7.91. The highest BCUT2D eigenvalue weighted by Gasteiger charge is 2.49. The Morgan fingerprint density at radius 2 is 1.96 bits per heavy atom. The molecule has 0 radical (unpaired) electrons. The van der Waals surface area contributed by atoms with Crippen LogP contribution in [0.2, 0.25) is 0 Å². The lowest BCUT2D eigenvalue weighted by molar-refractivity contribution is -0.131. The molecule has 0 bridgehead atoms. The number of halogens is 3. The van der Waals surface area contributed by atoms with Crippen molar-refractivity contribution in [1.82, 2.24) is 24.8 Å². The molecule has 9 nitrogen and oxygen atoms in total. The van der Waals surface area contributed by atoms with Crippen molar-refractivity contribution in [3.8, 4) is 17.1 Å². The quantitative estimate of drug-likeness (QED) is 0.266. The van der Waals surface area contributed by atoms with E-state index >= 15 is 4.39 Å². The molecule has 12 heteroatoms. The van der Waals surface area contributed by atoms with Crippen LogP contribution < -0.4 is 9.64 Å². The molecule has 1 amide bonds. The zero-order valence-electron chi connectivity index (χ0n) is 25.7. The first kappa shape index (κ1) is 30.4. The number of anilines is 1. The fourth-order valence-electron chi connectivity index (χ4n) is 7.91. The second-order valence-corrected chi connectivity index (χ2v) is 12.9. The number of aryl methyl sites for hydroxylation is 1. The van der Waals surface area contributed by atoms with Crippen molar-refractivity contribution in [2.75, 3.05) is 50.8 Å². The smallest absolute Gasteiger partial charge is 0.319 e. The van der Waals surface area contributed by atoms with Gasteiger partial charge in [0, 0.05) is 61.5 Å². The molecule has 0 unspecified atom stereocenters. The van der Waals surface area contributed by atoms with Gasteiger partial charge in [-0.2, -0.15) is 9.97 Å². The number of rotatable bonds is 7. The Kier molecular flexibility index (Phi) is 8.05. The monoisotopic (exact) mass is 631 g/mol. The Bertz CT molecular complexity index is 1750. The van der Waals surface area contributed by atoms with Crippen molar-refractivity contribution in [3.05, 3.63) is 65.3 Å². The fraction of sp³-hybridized carbons (Fsp3) is 0.500. The molecule has 5 heterocycles. The number of fused-ring (bicyclic) bond motifs is 3. The van der Waals surface area contributed by atoms with Gasteiger partial charge in [-0.1, -0.05) is 12.6 Å². The molecule has 1 aliphatic carbocycles. The van der Waals surface area contributed by atoms with Crippen LogP contribution in [0.4, 0.5) is 19.0 Å². The van der Waals surface area contributed by atoms with Gasteiger partial charge in [0.05, 0.1) is 5.54 Å². The van der Waals surface area contributed by atoms with Gasteiger partial charge in [-0.05, 0) is 62.3 Å². The Balaban J connectivity index is 1.30. The average molecular weight is 632 g/mol. The summed E-state index contributed by atoms with van der Waals surface area (Å²) in [5, 5.41) is 0.452. The molecule has 4 aliphatic rings. The lowest BCUT2D eigenvalue weighted by atomic mass is 9.87. The molecular formula is C34H36F3N7O2. The van der Waals surface area contributed by atoms with Gasteiger partial charge >= 0.3 is 6.01 Å². The van der Waals surface area contributed by atoms with Crippen LogP contribution >= 0.6 is 0 Å². The lowest BCUT2D eigenvalue weighted by Gasteiger charge is -2.39. The number of benzene rings is 1. The first-order chi connectivity index (χ1) is 22.3. The van der Waals surface area contributed by atoms with Gasteiger partial charge in [0.1, 0.15) is 30.2 Å². The van der Waals surface area contributed by atoms with Crippen LogP contribution in [0.25, 0.3) is 26.9 Å². The summed E-state index contributed by atoms with van der Waals surface area (Å²) in [6.07, 6.45) is 8.61. The van der Waals surface area contributed by atoms with Gasteiger partial charge in [-0.15, -0.1) is 0 Å². The standard InChI is InChI=1S/C34H36F3N7O2/c1-21(35)32(45)44-13-12-42(19-24(44)16-38-2)31-27-9-8-26(28-17-39-15-22-6-3-4-7-25(22)28)29(37)30(27)40-33(41-31)46-20-34-10-5-11-43(34)18-23(36)14-34/h8-9,15,17,23-24H,1,3-7,10-14,16,18-20H2/t23-,24+,34+/m1/s1. The molecule has 3 aliphatic heterocycles. The Hall–Kier alpha value is -4.24. The summed E-state index contributed by atoms with van der Waals surface area (Å²) >= 11 is 0. The van der Waals surface area contributed by atoms with Gasteiger partial charge in [-0.25, -0.2) is 19.7 Å². The summed E-state index contributed by atoms with van der Waals surface area (Å²) in [5.41, 5.74) is 3.01. The van der Waals surface area contributed by atoms with Crippen LogP contribution in [0.3, 0.4) is 0 Å². The van der Waals surface area contributed by atoms with Crippen LogP contribution in [-0.2, 0) is 17.6 Å². The predicted octanol–water partition coefficient (Wildman–Crippen LogP) is 5.08. The van der Waals surface area contributed by atoms with Gasteiger partial charge in [0.15, 0.2) is 11.6 Å². The number of pyridine rings is 1. The van der Waals surface area contributed by atoms with Crippen LogP contribution in [0.5, 0.6) is 6.01 Å². The summed E-state index contributed by atoms with van der Waals surface area (Å²) in [5.74, 6) is -2.04. The maximum absolute atomic E-state index is 16.7. The summed E-state index contributed by atoms with van der Waals surface area (Å²) in [4.78, 5) is 35.1. The first-order valence-corrected chi connectivity index (χ1v) is 16.0. The van der Waals surface area contributed by atoms with Crippen molar-refractivity contribution in [2.24, 2.45) is 0 Å². The third kappa shape index (κ3) is 5.34. The van der Waals surface area contributed by atoms with E-state index in [9.17, 15) is 13.6 Å². The highest BCUT2D eigenvalue weighted by Crippen LogP contribution is 2.41. The minimum atomic E-state index is -1.08. The Morgan fingerprint density at radius 1 is 1.11 bits per heavy atom. The zero-order valence-corrected chi connectivity index (χ0v) is 25.7. The van der Waals surface area contributed by atoms with E-state index < -0.39 is 35.3 Å². The van der Waals surface area contributed by atoms with Crippen LogP contribution in [0.1, 0.15) is 43.2 Å². The second kappa shape index (κ2) is 12.2. The Labute approximate surface area is 265 Å². The molecule has 3 atom stereocenters. The lowest BCUT2D eigenvalue weighted by Crippen LogP contribution is -2.56. The highest BCUT2D eigenvalue weighted by atomic mass is 19.1. The summed E-state index contributed by atoms with van der Waals surface area (Å²) in [7, 11) is 0. The van der Waals surface area contributed by atoms with Crippen molar-refractivity contribution in [3.63, 3.8) is 0 Å². The molecule has 0 spiro atoms. The van der Waals surface area contributed by atoms with Gasteiger partial charge in [-0.3, -0.25) is 14.7 Å². The van der Waals surface area contributed by atoms with E-state index in [0.29, 0.717) is 29.7 Å². The zero-order chi connectivity index (χ0) is 32.0. The van der Waals surface area contributed by atoms with Crippen LogP contribution in [0.15, 0.2) is 36.9 Å². The number of piperazine rings is 1. The largest absolute Gasteiger partial charge is 0.461 e. The number of alkyl halides is 1. The number of hydrogen-bond donors (Lipinski definition) is 0. The van der Waals surface area contributed by atoms with Crippen molar-refractivity contribution in [1.29, 1.82) is 0 Å². The number of amides is 1. The number of carbonyl (C=O) groups excluding carboxylic acids is 1. The summed E-state index contributed by atoms with van der Waals surface area (Å²) < 4.78 is 51.3. The molecule has 1 aromatic carbocycles. The van der Waals surface area contributed by atoms with E-state index in [-0.39, 0.29) is 44.3 Å². The number of ether oxygens (including phenoxy) is 1. The maximum Gasteiger partial charge on any atom is 0.319 e. The van der Waals surface area contributed by atoms with E-state index in [0.717, 1.165) is 61.8 Å². The molecule has 2 aromatic heterocycles. The normalized spacial score (nSPS) is 24.5. The molecule has 7 rings (SSSR count). The van der Waals surface area contributed by atoms with E-state index in [2.05, 4.69) is 26.3 Å². The van der Waals surface area contributed by atoms with Gasteiger partial charge in [0.25, 0.3) is 5.91 Å². The topological polar surface area (TPSA) is 79.1 Å². The van der Waals surface area contributed by atoms with Crippen molar-refractivity contribution >= 4 is 22.6 Å². The number of hydrogen-bond acceptors (Lipinski definition) is 7. The summed E-state index contributed by atoms with van der Waals surface area (Å²) in [6.45, 7) is 12.5. The van der Waals surface area contributed by atoms with E-state index in [1.807, 2.05) is 11.1 Å². The number of carbonyl (C=O) groups is 1. The second-order valence-electron chi connectivity index (χ2n) is 12.9. The number of nitrogens with zero attached hydrogens (tertiary/aromatic N) is 7. The first-order valence-electron chi connectivity index (χ1n) is 16.0. The molecule has 3 saturated heterocycles. The van der Waals surface area contributed by atoms with Crippen LogP contribution in [-0.4, -0.2) is 94.3 Å². The van der Waals surface area contributed by atoms with Crippen LogP contribution in [0, 0.1) is 12.4 Å². The molecule has 3 fully saturated rings. The molecule has 46 heavy (non-hydrogen) atoms. The third-order valence-corrected chi connectivity index (χ3v) is 10.1. The number of aromatic nitrogens is 3. The van der Waals surface area contributed by atoms with Gasteiger partial charge in [0.2, 0.25) is 6.54 Å². The minimum Gasteiger partial charge on any atom is -0.461 e. The predicted molar refractivity (Wildman–Crippen MR) is 167 cm³/mol. The SMILES string of the molecule is [C-]#[N+]C[C@H]1CN(c2nc(OC[C@@]34CCCN3C[C@H](F)C4)nc3c(F)c(-c4cncc5c4CCCC5)ccc23)CCN1C(=O)C(=C)F. The maximum atomic E-state index is 16.7. The molecule has 0 N–H and O–H groups in total. The molecular weight excluding hydrogens is 595 g/mol. The molecule has 240 valence electrons. The minimum absolute atomic E-state index is 0.0207. The van der Waals surface area contributed by atoms with E-state index in [1.54, 1.807) is 18.3 Å². The summed E-state index contributed by atoms with van der Waals surface area (Å²) in [6, 6.07) is 2.88. The highest BCUT2D eigenvalue weighted by molar-refractivity contribution is 5.94. The van der Waals surface area contributed by atoms with E-state index in [1.165, 1.54) is 4.90 Å². The van der Waals surface area contributed by atoms with Crippen molar-refractivity contribution < 1.29 is 22.7 Å². The molecule has 3 aromatic rings. The Morgan fingerprint density at radius 3 is 2.78 bits per heavy atom. The van der Waals surface area contributed by atoms with E-state index in [4.69, 9.17) is 16.3 Å². The van der Waals surface area contributed by atoms with Crippen molar-refractivity contribution in [2.45, 2.75) is 62.7 Å². The molecule has 0 saturated carbocycles. The third-order valence-electron chi connectivity index (χ3n) is 10.1.